The van der Waals surface area contributed by atoms with Crippen molar-refractivity contribution in [1.82, 2.24) is 9.03 Å². The topological polar surface area (TPSA) is 78.5 Å². The molecule has 0 spiro atoms. The number of anilines is 1. The third-order valence-corrected chi connectivity index (χ3v) is 4.22. The highest BCUT2D eigenvalue weighted by Crippen LogP contribution is 2.21. The summed E-state index contributed by atoms with van der Waals surface area (Å²) in [6.07, 6.45) is 0. The van der Waals surface area contributed by atoms with E-state index in [4.69, 9.17) is 0 Å². The van der Waals surface area contributed by atoms with Crippen molar-refractivity contribution in [2.45, 2.75) is 13.5 Å². The first-order valence-corrected chi connectivity index (χ1v) is 7.09. The van der Waals surface area contributed by atoms with E-state index in [1.54, 1.807) is 25.1 Å². The zero-order chi connectivity index (χ0) is 13.2. The van der Waals surface area contributed by atoms with Crippen molar-refractivity contribution in [2.24, 2.45) is 0 Å². The lowest BCUT2D eigenvalue weighted by atomic mass is 10.2. The van der Waals surface area contributed by atoms with Crippen LogP contribution in [0.1, 0.15) is 12.5 Å². The molecule has 0 unspecified atom stereocenters. The molecule has 1 aliphatic rings. The van der Waals surface area contributed by atoms with E-state index in [0.29, 0.717) is 12.2 Å². The first-order valence-electron chi connectivity index (χ1n) is 5.65. The third kappa shape index (κ3) is 2.69. The molecule has 0 atom stereocenters. The molecule has 0 bridgehead atoms. The van der Waals surface area contributed by atoms with Crippen LogP contribution in [-0.4, -0.2) is 31.7 Å². The molecule has 2 rings (SSSR count). The van der Waals surface area contributed by atoms with Crippen LogP contribution in [0, 0.1) is 0 Å². The lowest BCUT2D eigenvalue weighted by molar-refractivity contribution is -0.116. The van der Waals surface area contributed by atoms with Crippen LogP contribution < -0.4 is 10.0 Å². The van der Waals surface area contributed by atoms with E-state index in [-0.39, 0.29) is 19.0 Å². The number of fused-ring (bicyclic) bond motifs is 1. The summed E-state index contributed by atoms with van der Waals surface area (Å²) in [7, 11) is -3.61. The average Bonchev–Trinajstić information content (AvgIpc) is 2.47. The Morgan fingerprint density at radius 1 is 1.33 bits per heavy atom. The van der Waals surface area contributed by atoms with Gasteiger partial charge < -0.3 is 5.32 Å². The van der Waals surface area contributed by atoms with Gasteiger partial charge in [-0.05, 0) is 11.6 Å². The summed E-state index contributed by atoms with van der Waals surface area (Å²) in [5.41, 5.74) is 1.45. The Kier molecular flexibility index (Phi) is 3.65. The van der Waals surface area contributed by atoms with E-state index in [9.17, 15) is 13.2 Å². The predicted molar refractivity (Wildman–Crippen MR) is 68.1 cm³/mol. The van der Waals surface area contributed by atoms with Crippen molar-refractivity contribution >= 4 is 21.8 Å². The van der Waals surface area contributed by atoms with Gasteiger partial charge in [0.1, 0.15) is 0 Å². The minimum Gasteiger partial charge on any atom is -0.325 e. The Labute approximate surface area is 106 Å². The highest BCUT2D eigenvalue weighted by molar-refractivity contribution is 7.87. The first kappa shape index (κ1) is 13.0. The molecule has 0 radical (unpaired) electrons. The standard InChI is InChI=1S/C11H15N3O3S/c1-2-12-18(16,17)14-7-9-5-3-4-6-10(9)13-11(15)8-14/h3-6,12H,2,7-8H2,1H3,(H,13,15). The van der Waals surface area contributed by atoms with Gasteiger partial charge >= 0.3 is 0 Å². The van der Waals surface area contributed by atoms with Crippen LogP contribution in [0.25, 0.3) is 0 Å². The van der Waals surface area contributed by atoms with Crippen LogP contribution in [-0.2, 0) is 21.5 Å². The molecule has 7 heteroatoms. The Morgan fingerprint density at radius 2 is 2.06 bits per heavy atom. The Morgan fingerprint density at radius 3 is 2.78 bits per heavy atom. The van der Waals surface area contributed by atoms with E-state index in [2.05, 4.69) is 10.0 Å². The second-order valence-electron chi connectivity index (χ2n) is 3.98. The van der Waals surface area contributed by atoms with Gasteiger partial charge in [0, 0.05) is 18.8 Å². The number of nitrogens with one attached hydrogen (secondary N) is 2. The molecule has 98 valence electrons. The van der Waals surface area contributed by atoms with Crippen molar-refractivity contribution < 1.29 is 13.2 Å². The smallest absolute Gasteiger partial charge is 0.280 e. The van der Waals surface area contributed by atoms with Gasteiger partial charge in [0.05, 0.1) is 6.54 Å². The van der Waals surface area contributed by atoms with Crippen molar-refractivity contribution in [1.29, 1.82) is 0 Å². The van der Waals surface area contributed by atoms with Crippen molar-refractivity contribution in [3.63, 3.8) is 0 Å². The van der Waals surface area contributed by atoms with Gasteiger partial charge in [0.2, 0.25) is 5.91 Å². The maximum Gasteiger partial charge on any atom is 0.280 e. The summed E-state index contributed by atoms with van der Waals surface area (Å²) >= 11 is 0. The van der Waals surface area contributed by atoms with Gasteiger partial charge in [0.15, 0.2) is 0 Å². The number of nitrogens with zero attached hydrogens (tertiary/aromatic N) is 1. The largest absolute Gasteiger partial charge is 0.325 e. The van der Waals surface area contributed by atoms with E-state index in [1.807, 2.05) is 6.07 Å². The number of carbonyl (C=O) groups excluding carboxylic acids is 1. The molecule has 0 aliphatic carbocycles. The molecule has 1 heterocycles. The number of benzene rings is 1. The summed E-state index contributed by atoms with van der Waals surface area (Å²) < 4.78 is 27.4. The van der Waals surface area contributed by atoms with Crippen LogP contribution in [0.5, 0.6) is 0 Å². The Bertz CT molecular complexity index is 556. The molecule has 0 saturated heterocycles. The molecule has 2 N–H and O–H groups in total. The van der Waals surface area contributed by atoms with Gasteiger partial charge in [-0.2, -0.15) is 12.7 Å². The number of amides is 1. The normalized spacial score (nSPS) is 16.8. The van der Waals surface area contributed by atoms with Crippen LogP contribution >= 0.6 is 0 Å². The van der Waals surface area contributed by atoms with E-state index in [1.165, 1.54) is 0 Å². The molecule has 1 amide bonds. The second kappa shape index (κ2) is 5.05. The van der Waals surface area contributed by atoms with Crippen molar-refractivity contribution in [2.75, 3.05) is 18.4 Å². The Balaban J connectivity index is 2.34. The highest BCUT2D eigenvalue weighted by Gasteiger charge is 2.27. The van der Waals surface area contributed by atoms with E-state index in [0.717, 1.165) is 9.87 Å². The van der Waals surface area contributed by atoms with E-state index >= 15 is 0 Å². The number of para-hydroxylation sites is 1. The van der Waals surface area contributed by atoms with Crippen LogP contribution in [0.4, 0.5) is 5.69 Å². The van der Waals surface area contributed by atoms with Crippen LogP contribution in [0.2, 0.25) is 0 Å². The molecule has 1 aliphatic heterocycles. The summed E-state index contributed by atoms with van der Waals surface area (Å²) in [4.78, 5) is 11.7. The maximum absolute atomic E-state index is 11.9. The van der Waals surface area contributed by atoms with Gasteiger partial charge in [-0.25, -0.2) is 4.72 Å². The molecule has 0 aromatic heterocycles. The highest BCUT2D eigenvalue weighted by atomic mass is 32.2. The minimum absolute atomic E-state index is 0.177. The first-order chi connectivity index (χ1) is 8.53. The van der Waals surface area contributed by atoms with Crippen molar-refractivity contribution in [3.8, 4) is 0 Å². The molecular formula is C11H15N3O3S. The molecular weight excluding hydrogens is 254 g/mol. The SMILES string of the molecule is CCNS(=O)(=O)N1CC(=O)Nc2ccccc2C1. The lowest BCUT2D eigenvalue weighted by Crippen LogP contribution is -2.42. The summed E-state index contributed by atoms with van der Waals surface area (Å²) in [6, 6.07) is 7.17. The fraction of sp³-hybridized carbons (Fsp3) is 0.364. The third-order valence-electron chi connectivity index (χ3n) is 2.62. The molecule has 1 aromatic rings. The monoisotopic (exact) mass is 269 g/mol. The lowest BCUT2D eigenvalue weighted by Gasteiger charge is -2.18. The number of carbonyl (C=O) groups is 1. The van der Waals surface area contributed by atoms with E-state index < -0.39 is 10.2 Å². The van der Waals surface area contributed by atoms with Crippen LogP contribution in [0.3, 0.4) is 0 Å². The zero-order valence-corrected chi connectivity index (χ0v) is 10.8. The molecule has 0 fully saturated rings. The average molecular weight is 269 g/mol. The molecule has 0 saturated carbocycles. The maximum atomic E-state index is 11.9. The zero-order valence-electron chi connectivity index (χ0n) is 10.0. The second-order valence-corrected chi connectivity index (χ2v) is 5.73. The predicted octanol–water partition coefficient (Wildman–Crippen LogP) is 0.295. The summed E-state index contributed by atoms with van der Waals surface area (Å²) in [5.74, 6) is -0.332. The van der Waals surface area contributed by atoms with Gasteiger partial charge in [-0.3, -0.25) is 4.79 Å². The summed E-state index contributed by atoms with van der Waals surface area (Å²) in [6.45, 7) is 2.00. The molecule has 1 aromatic carbocycles. The number of hydrogen-bond acceptors (Lipinski definition) is 3. The fourth-order valence-corrected chi connectivity index (χ4v) is 2.96. The number of hydrogen-bond donors (Lipinski definition) is 2. The molecule has 18 heavy (non-hydrogen) atoms. The van der Waals surface area contributed by atoms with Gasteiger partial charge in [-0.1, -0.05) is 25.1 Å². The van der Waals surface area contributed by atoms with Gasteiger partial charge in [0.25, 0.3) is 10.2 Å². The van der Waals surface area contributed by atoms with Gasteiger partial charge in [-0.15, -0.1) is 0 Å². The number of rotatable bonds is 3. The Hall–Kier alpha value is -1.44. The minimum atomic E-state index is -3.61. The summed E-state index contributed by atoms with van der Waals surface area (Å²) in [5, 5.41) is 2.69. The molecule has 6 nitrogen and oxygen atoms in total. The fourth-order valence-electron chi connectivity index (χ4n) is 1.82. The van der Waals surface area contributed by atoms with Crippen LogP contribution in [0.15, 0.2) is 24.3 Å². The van der Waals surface area contributed by atoms with Crippen molar-refractivity contribution in [3.05, 3.63) is 29.8 Å². The quantitative estimate of drug-likeness (QED) is 0.828.